The van der Waals surface area contributed by atoms with Crippen LogP contribution in [0.5, 0.6) is 0 Å². The fourth-order valence-electron chi connectivity index (χ4n) is 1.97. The lowest BCUT2D eigenvalue weighted by molar-refractivity contribution is 0.0853. The van der Waals surface area contributed by atoms with Crippen LogP contribution in [0.15, 0.2) is 0 Å². The lowest BCUT2D eigenvalue weighted by Crippen LogP contribution is -2.29. The zero-order valence-electron chi connectivity index (χ0n) is 8.00. The number of likely N-dealkylation sites (tertiary alicyclic amines) is 1. The maximum atomic E-state index is 5.47. The second-order valence-corrected chi connectivity index (χ2v) is 3.65. The number of hydrogen-bond donors (Lipinski definition) is 1. The molecule has 0 spiro atoms. The SMILES string of the molecule is C1CCN(CCC2NCCO2)C1.Cl. The van der Waals surface area contributed by atoms with Gasteiger partial charge in [0.1, 0.15) is 6.23 Å². The minimum absolute atomic E-state index is 0. The van der Waals surface area contributed by atoms with Crippen LogP contribution in [0.25, 0.3) is 0 Å². The van der Waals surface area contributed by atoms with Gasteiger partial charge in [-0.15, -0.1) is 12.4 Å². The van der Waals surface area contributed by atoms with E-state index in [0.717, 1.165) is 19.6 Å². The minimum Gasteiger partial charge on any atom is -0.362 e. The van der Waals surface area contributed by atoms with Crippen LogP contribution in [-0.4, -0.2) is 43.9 Å². The molecule has 2 heterocycles. The summed E-state index contributed by atoms with van der Waals surface area (Å²) in [5.41, 5.74) is 0. The minimum atomic E-state index is 0. The molecule has 1 unspecified atom stereocenters. The van der Waals surface area contributed by atoms with Crippen LogP contribution < -0.4 is 5.32 Å². The molecule has 2 aliphatic rings. The topological polar surface area (TPSA) is 24.5 Å². The van der Waals surface area contributed by atoms with Crippen LogP contribution in [0.1, 0.15) is 19.3 Å². The molecule has 1 atom stereocenters. The molecule has 1 N–H and O–H groups in total. The Morgan fingerprint density at radius 1 is 1.31 bits per heavy atom. The van der Waals surface area contributed by atoms with Crippen molar-refractivity contribution in [2.45, 2.75) is 25.5 Å². The number of nitrogens with one attached hydrogen (secondary N) is 1. The smallest absolute Gasteiger partial charge is 0.109 e. The summed E-state index contributed by atoms with van der Waals surface area (Å²) in [6.07, 6.45) is 4.27. The van der Waals surface area contributed by atoms with Gasteiger partial charge < -0.3 is 9.64 Å². The molecule has 0 bridgehead atoms. The first-order valence-corrected chi connectivity index (χ1v) is 5.02. The Morgan fingerprint density at radius 3 is 2.69 bits per heavy atom. The quantitative estimate of drug-likeness (QED) is 0.741. The monoisotopic (exact) mass is 206 g/mol. The summed E-state index contributed by atoms with van der Waals surface area (Å²) in [7, 11) is 0. The molecule has 13 heavy (non-hydrogen) atoms. The normalized spacial score (nSPS) is 29.1. The first kappa shape index (κ1) is 11.2. The van der Waals surface area contributed by atoms with Crippen LogP contribution in [0.2, 0.25) is 0 Å². The third-order valence-corrected chi connectivity index (χ3v) is 2.70. The Hall–Kier alpha value is 0.170. The van der Waals surface area contributed by atoms with Crippen molar-refractivity contribution in [2.24, 2.45) is 0 Å². The van der Waals surface area contributed by atoms with Crippen LogP contribution >= 0.6 is 12.4 Å². The van der Waals surface area contributed by atoms with Gasteiger partial charge in [-0.3, -0.25) is 5.32 Å². The van der Waals surface area contributed by atoms with Gasteiger partial charge in [-0.2, -0.15) is 0 Å². The van der Waals surface area contributed by atoms with Crippen molar-refractivity contribution >= 4 is 12.4 Å². The highest BCUT2D eigenvalue weighted by molar-refractivity contribution is 5.85. The van der Waals surface area contributed by atoms with E-state index in [1.54, 1.807) is 0 Å². The average molecular weight is 207 g/mol. The van der Waals surface area contributed by atoms with Crippen molar-refractivity contribution in [3.8, 4) is 0 Å². The van der Waals surface area contributed by atoms with Gasteiger partial charge >= 0.3 is 0 Å². The molecular formula is C9H19ClN2O. The summed E-state index contributed by atoms with van der Waals surface area (Å²) in [6, 6.07) is 0. The molecule has 2 fully saturated rings. The van der Waals surface area contributed by atoms with Crippen molar-refractivity contribution in [2.75, 3.05) is 32.8 Å². The lowest BCUT2D eigenvalue weighted by Gasteiger charge is -2.17. The van der Waals surface area contributed by atoms with Crippen LogP contribution in [-0.2, 0) is 4.74 Å². The summed E-state index contributed by atoms with van der Waals surface area (Å²) in [4.78, 5) is 2.53. The molecule has 0 aromatic heterocycles. The highest BCUT2D eigenvalue weighted by Crippen LogP contribution is 2.09. The summed E-state index contributed by atoms with van der Waals surface area (Å²) < 4.78 is 5.47. The Balaban J connectivity index is 0.000000845. The van der Waals surface area contributed by atoms with Gasteiger partial charge in [0.2, 0.25) is 0 Å². The van der Waals surface area contributed by atoms with Crippen molar-refractivity contribution in [1.29, 1.82) is 0 Å². The van der Waals surface area contributed by atoms with Gasteiger partial charge in [0.05, 0.1) is 6.61 Å². The summed E-state index contributed by atoms with van der Waals surface area (Å²) >= 11 is 0. The van der Waals surface area contributed by atoms with Gasteiger partial charge in [0.15, 0.2) is 0 Å². The molecular weight excluding hydrogens is 188 g/mol. The maximum Gasteiger partial charge on any atom is 0.109 e. The second kappa shape index (κ2) is 5.81. The van der Waals surface area contributed by atoms with Crippen LogP contribution in [0, 0.1) is 0 Å². The van der Waals surface area contributed by atoms with Gasteiger partial charge in [0.25, 0.3) is 0 Å². The second-order valence-electron chi connectivity index (χ2n) is 3.65. The van der Waals surface area contributed by atoms with E-state index in [0.29, 0.717) is 6.23 Å². The largest absolute Gasteiger partial charge is 0.362 e. The average Bonchev–Trinajstić information content (AvgIpc) is 2.74. The molecule has 0 aliphatic carbocycles. The van der Waals surface area contributed by atoms with E-state index < -0.39 is 0 Å². The number of ether oxygens (including phenoxy) is 1. The third kappa shape index (κ3) is 3.43. The highest BCUT2D eigenvalue weighted by atomic mass is 35.5. The molecule has 0 radical (unpaired) electrons. The van der Waals surface area contributed by atoms with Gasteiger partial charge in [-0.05, 0) is 32.4 Å². The molecule has 0 aromatic rings. The van der Waals surface area contributed by atoms with Gasteiger partial charge in [0, 0.05) is 13.1 Å². The predicted molar refractivity (Wildman–Crippen MR) is 55.3 cm³/mol. The predicted octanol–water partition coefficient (Wildman–Crippen LogP) is 0.840. The Labute approximate surface area is 86.2 Å². The van der Waals surface area contributed by atoms with Gasteiger partial charge in [-0.1, -0.05) is 0 Å². The summed E-state index contributed by atoms with van der Waals surface area (Å²) in [5, 5.41) is 3.33. The van der Waals surface area contributed by atoms with E-state index in [1.807, 2.05) is 0 Å². The first-order valence-electron chi connectivity index (χ1n) is 5.02. The Kier molecular flexibility index (Phi) is 5.02. The zero-order valence-corrected chi connectivity index (χ0v) is 8.81. The van der Waals surface area contributed by atoms with Crippen molar-refractivity contribution in [3.05, 3.63) is 0 Å². The Bertz CT molecular complexity index is 118. The Morgan fingerprint density at radius 2 is 2.08 bits per heavy atom. The standard InChI is InChI=1S/C9H18N2O.ClH/c1-2-6-11(5-1)7-3-9-10-4-8-12-9;/h9-10H,1-8H2;1H. The van der Waals surface area contributed by atoms with Gasteiger partial charge in [-0.25, -0.2) is 0 Å². The van der Waals surface area contributed by atoms with Crippen LogP contribution in [0.4, 0.5) is 0 Å². The lowest BCUT2D eigenvalue weighted by atomic mass is 10.3. The van der Waals surface area contributed by atoms with E-state index >= 15 is 0 Å². The van der Waals surface area contributed by atoms with Crippen molar-refractivity contribution in [1.82, 2.24) is 10.2 Å². The summed E-state index contributed by atoms with van der Waals surface area (Å²) in [6.45, 7) is 5.73. The number of nitrogens with zero attached hydrogens (tertiary/aromatic N) is 1. The molecule has 2 rings (SSSR count). The van der Waals surface area contributed by atoms with Crippen LogP contribution in [0.3, 0.4) is 0 Å². The third-order valence-electron chi connectivity index (χ3n) is 2.70. The fraction of sp³-hybridized carbons (Fsp3) is 1.00. The van der Waals surface area contributed by atoms with Crippen molar-refractivity contribution < 1.29 is 4.74 Å². The molecule has 3 nitrogen and oxygen atoms in total. The first-order chi connectivity index (χ1) is 5.95. The summed E-state index contributed by atoms with van der Waals surface area (Å²) in [5.74, 6) is 0. The molecule has 2 aliphatic heterocycles. The zero-order chi connectivity index (χ0) is 8.23. The maximum absolute atomic E-state index is 5.47. The molecule has 2 saturated heterocycles. The molecule has 0 aromatic carbocycles. The number of rotatable bonds is 3. The number of hydrogen-bond acceptors (Lipinski definition) is 3. The number of halogens is 1. The molecule has 0 amide bonds. The fourth-order valence-corrected chi connectivity index (χ4v) is 1.97. The van der Waals surface area contributed by atoms with E-state index in [2.05, 4.69) is 10.2 Å². The van der Waals surface area contributed by atoms with E-state index in [1.165, 1.54) is 32.5 Å². The van der Waals surface area contributed by atoms with E-state index in [-0.39, 0.29) is 12.4 Å². The van der Waals surface area contributed by atoms with Crippen molar-refractivity contribution in [3.63, 3.8) is 0 Å². The molecule has 4 heteroatoms. The van der Waals surface area contributed by atoms with E-state index in [4.69, 9.17) is 4.74 Å². The van der Waals surface area contributed by atoms with E-state index in [9.17, 15) is 0 Å². The highest BCUT2D eigenvalue weighted by Gasteiger charge is 2.17. The molecule has 0 saturated carbocycles. The molecule has 78 valence electrons.